The molecule has 1 heterocycles. The summed E-state index contributed by atoms with van der Waals surface area (Å²) >= 11 is 4.88. The van der Waals surface area contributed by atoms with Crippen LogP contribution in [0.1, 0.15) is 25.3 Å². The van der Waals surface area contributed by atoms with Gasteiger partial charge in [-0.3, -0.25) is 0 Å². The normalized spacial score (nSPS) is 18.3. The predicted octanol–water partition coefficient (Wildman–Crippen LogP) is 1.41. The molecule has 1 aliphatic heterocycles. The number of ether oxygens (including phenoxy) is 1. The molecule has 1 atom stereocenters. The number of hydrogen-bond acceptors (Lipinski definition) is 4. The van der Waals surface area contributed by atoms with E-state index in [0.717, 1.165) is 12.8 Å². The molecule has 2 rings (SSSR count). The molecule has 5 nitrogen and oxygen atoms in total. The van der Waals surface area contributed by atoms with E-state index < -0.39 is 10.0 Å². The van der Waals surface area contributed by atoms with Gasteiger partial charge in [-0.05, 0) is 37.8 Å². The molecule has 0 spiro atoms. The summed E-state index contributed by atoms with van der Waals surface area (Å²) in [5.41, 5.74) is 6.09. The monoisotopic (exact) mass is 328 g/mol. The zero-order chi connectivity index (χ0) is 15.5. The largest absolute Gasteiger partial charge is 0.389 e. The van der Waals surface area contributed by atoms with Crippen LogP contribution >= 0.6 is 12.2 Å². The molecule has 1 fully saturated rings. The molecule has 1 aliphatic rings. The van der Waals surface area contributed by atoms with Crippen LogP contribution < -0.4 is 10.5 Å². The second kappa shape index (κ2) is 6.83. The third kappa shape index (κ3) is 4.23. The Morgan fingerprint density at radius 2 is 2.10 bits per heavy atom. The summed E-state index contributed by atoms with van der Waals surface area (Å²) in [5.74, 6) is 0.298. The molecule has 0 amide bonds. The number of thiocarbonyl (C=S) groups is 1. The van der Waals surface area contributed by atoms with Crippen LogP contribution in [0.5, 0.6) is 0 Å². The minimum Gasteiger partial charge on any atom is -0.389 e. The SMILES string of the molecule is CC(NS(=O)(=O)c1cccc(C(N)=S)c1)C1CCOCC1. The van der Waals surface area contributed by atoms with Crippen LogP contribution in [-0.2, 0) is 14.8 Å². The highest BCUT2D eigenvalue weighted by atomic mass is 32.2. The number of sulfonamides is 1. The van der Waals surface area contributed by atoms with Crippen molar-refractivity contribution in [3.63, 3.8) is 0 Å². The van der Waals surface area contributed by atoms with Crippen molar-refractivity contribution in [2.24, 2.45) is 11.7 Å². The highest BCUT2D eigenvalue weighted by molar-refractivity contribution is 7.89. The first kappa shape index (κ1) is 16.4. The van der Waals surface area contributed by atoms with Crippen molar-refractivity contribution in [1.29, 1.82) is 0 Å². The van der Waals surface area contributed by atoms with E-state index in [1.54, 1.807) is 18.2 Å². The maximum Gasteiger partial charge on any atom is 0.240 e. The average molecular weight is 328 g/mol. The fourth-order valence-corrected chi connectivity index (χ4v) is 3.93. The molecule has 7 heteroatoms. The van der Waals surface area contributed by atoms with Gasteiger partial charge in [0.2, 0.25) is 10.0 Å². The highest BCUT2D eigenvalue weighted by Gasteiger charge is 2.25. The first-order chi connectivity index (χ1) is 9.90. The molecule has 1 saturated heterocycles. The van der Waals surface area contributed by atoms with Gasteiger partial charge in [-0.1, -0.05) is 24.4 Å². The van der Waals surface area contributed by atoms with Crippen molar-refractivity contribution < 1.29 is 13.2 Å². The number of hydrogen-bond donors (Lipinski definition) is 2. The summed E-state index contributed by atoms with van der Waals surface area (Å²) in [6.45, 7) is 3.27. The summed E-state index contributed by atoms with van der Waals surface area (Å²) in [6.07, 6.45) is 1.74. The second-order valence-corrected chi connectivity index (χ2v) is 7.41. The van der Waals surface area contributed by atoms with Crippen LogP contribution in [0.25, 0.3) is 0 Å². The molecule has 21 heavy (non-hydrogen) atoms. The van der Waals surface area contributed by atoms with E-state index >= 15 is 0 Å². The molecular weight excluding hydrogens is 308 g/mol. The average Bonchev–Trinajstić information content (AvgIpc) is 2.48. The molecule has 0 bridgehead atoms. The number of benzene rings is 1. The Kier molecular flexibility index (Phi) is 5.32. The van der Waals surface area contributed by atoms with Gasteiger partial charge in [0.15, 0.2) is 0 Å². The standard InChI is InChI=1S/C14H20N2O3S2/c1-10(11-5-7-19-8-6-11)16-21(17,18)13-4-2-3-12(9-13)14(15)20/h2-4,9-11,16H,5-8H2,1H3,(H2,15,20). The molecule has 0 saturated carbocycles. The summed E-state index contributed by atoms with van der Waals surface area (Å²) in [4.78, 5) is 0.372. The lowest BCUT2D eigenvalue weighted by Gasteiger charge is -2.28. The molecule has 1 aromatic rings. The van der Waals surface area contributed by atoms with Gasteiger partial charge >= 0.3 is 0 Å². The maximum absolute atomic E-state index is 12.4. The Bertz CT molecular complexity index is 610. The quantitative estimate of drug-likeness (QED) is 0.799. The Hall–Kier alpha value is -1.02. The minimum atomic E-state index is -3.57. The van der Waals surface area contributed by atoms with Crippen molar-refractivity contribution in [3.05, 3.63) is 29.8 Å². The zero-order valence-corrected chi connectivity index (χ0v) is 13.5. The van der Waals surface area contributed by atoms with E-state index in [4.69, 9.17) is 22.7 Å². The third-order valence-corrected chi connectivity index (χ3v) is 5.54. The molecule has 0 aromatic heterocycles. The van der Waals surface area contributed by atoms with Crippen molar-refractivity contribution >= 4 is 27.2 Å². The van der Waals surface area contributed by atoms with Crippen LogP contribution in [-0.4, -0.2) is 32.7 Å². The van der Waals surface area contributed by atoms with Gasteiger partial charge in [0.1, 0.15) is 4.99 Å². The van der Waals surface area contributed by atoms with E-state index in [0.29, 0.717) is 24.7 Å². The van der Waals surface area contributed by atoms with Crippen LogP contribution in [0.15, 0.2) is 29.2 Å². The van der Waals surface area contributed by atoms with Gasteiger partial charge in [-0.2, -0.15) is 0 Å². The number of nitrogens with two attached hydrogens (primary N) is 1. The van der Waals surface area contributed by atoms with E-state index in [-0.39, 0.29) is 15.9 Å². The summed E-state index contributed by atoms with van der Waals surface area (Å²) in [7, 11) is -3.57. The molecule has 0 aliphatic carbocycles. The summed E-state index contributed by atoms with van der Waals surface area (Å²) < 4.78 is 32.9. The van der Waals surface area contributed by atoms with Crippen LogP contribution in [0.3, 0.4) is 0 Å². The molecule has 0 radical (unpaired) electrons. The van der Waals surface area contributed by atoms with Crippen molar-refractivity contribution in [2.45, 2.75) is 30.7 Å². The van der Waals surface area contributed by atoms with Gasteiger partial charge in [-0.15, -0.1) is 0 Å². The van der Waals surface area contributed by atoms with Crippen LogP contribution in [0, 0.1) is 5.92 Å². The Labute approximate surface area is 130 Å². The second-order valence-electron chi connectivity index (χ2n) is 5.25. The first-order valence-electron chi connectivity index (χ1n) is 6.90. The van der Waals surface area contributed by atoms with Crippen LogP contribution in [0.2, 0.25) is 0 Å². The molecule has 1 unspecified atom stereocenters. The fourth-order valence-electron chi connectivity index (χ4n) is 2.44. The van der Waals surface area contributed by atoms with E-state index in [9.17, 15) is 8.42 Å². The van der Waals surface area contributed by atoms with Gasteiger partial charge in [0.25, 0.3) is 0 Å². The minimum absolute atomic E-state index is 0.132. The van der Waals surface area contributed by atoms with Crippen molar-refractivity contribution in [2.75, 3.05) is 13.2 Å². The predicted molar refractivity (Wildman–Crippen MR) is 85.7 cm³/mol. The number of rotatable bonds is 5. The smallest absolute Gasteiger partial charge is 0.240 e. The maximum atomic E-state index is 12.4. The zero-order valence-electron chi connectivity index (χ0n) is 11.9. The van der Waals surface area contributed by atoms with Gasteiger partial charge in [0.05, 0.1) is 4.90 Å². The Morgan fingerprint density at radius 1 is 1.43 bits per heavy atom. The van der Waals surface area contributed by atoms with Gasteiger partial charge in [0, 0.05) is 24.8 Å². The number of nitrogens with one attached hydrogen (secondary N) is 1. The molecule has 3 N–H and O–H groups in total. The van der Waals surface area contributed by atoms with Gasteiger partial charge < -0.3 is 10.5 Å². The lowest BCUT2D eigenvalue weighted by molar-refractivity contribution is 0.0585. The Balaban J connectivity index is 2.14. The van der Waals surface area contributed by atoms with E-state index in [1.165, 1.54) is 6.07 Å². The van der Waals surface area contributed by atoms with Gasteiger partial charge in [-0.25, -0.2) is 13.1 Å². The van der Waals surface area contributed by atoms with Crippen molar-refractivity contribution in [3.8, 4) is 0 Å². The summed E-state index contributed by atoms with van der Waals surface area (Å²) in [6, 6.07) is 6.25. The molecule has 116 valence electrons. The van der Waals surface area contributed by atoms with Crippen molar-refractivity contribution in [1.82, 2.24) is 4.72 Å². The lowest BCUT2D eigenvalue weighted by Crippen LogP contribution is -2.40. The summed E-state index contributed by atoms with van der Waals surface area (Å²) in [5, 5.41) is 0. The highest BCUT2D eigenvalue weighted by Crippen LogP contribution is 2.20. The topological polar surface area (TPSA) is 81.4 Å². The lowest BCUT2D eigenvalue weighted by atomic mass is 9.94. The van der Waals surface area contributed by atoms with Crippen LogP contribution in [0.4, 0.5) is 0 Å². The Morgan fingerprint density at radius 3 is 2.71 bits per heavy atom. The van der Waals surface area contributed by atoms with E-state index in [2.05, 4.69) is 4.72 Å². The molecular formula is C14H20N2O3S2. The third-order valence-electron chi connectivity index (χ3n) is 3.74. The first-order valence-corrected chi connectivity index (χ1v) is 8.79. The van der Waals surface area contributed by atoms with E-state index in [1.807, 2.05) is 6.92 Å². The fraction of sp³-hybridized carbons (Fsp3) is 0.500. The molecule has 1 aromatic carbocycles.